The third-order valence-corrected chi connectivity index (χ3v) is 4.21. The largest absolute Gasteiger partial charge is 0.493 e. The molecule has 2 aromatic rings. The maximum Gasteiger partial charge on any atom is 0.161 e. The first kappa shape index (κ1) is 15.8. The molecule has 0 radical (unpaired) electrons. The van der Waals surface area contributed by atoms with Crippen LogP contribution in [0.15, 0.2) is 18.3 Å². The highest BCUT2D eigenvalue weighted by Crippen LogP contribution is 2.34. The van der Waals surface area contributed by atoms with Gasteiger partial charge in [-0.15, -0.1) is 5.10 Å². The summed E-state index contributed by atoms with van der Waals surface area (Å²) < 4.78 is 18.3. The minimum Gasteiger partial charge on any atom is -0.493 e. The van der Waals surface area contributed by atoms with Crippen molar-refractivity contribution >= 4 is 0 Å². The predicted molar refractivity (Wildman–Crippen MR) is 86.9 cm³/mol. The summed E-state index contributed by atoms with van der Waals surface area (Å²) in [6.45, 7) is 3.63. The molecule has 0 unspecified atom stereocenters. The van der Waals surface area contributed by atoms with E-state index in [4.69, 9.17) is 14.2 Å². The normalized spacial score (nSPS) is 18.0. The second kappa shape index (κ2) is 7.00. The van der Waals surface area contributed by atoms with Crippen LogP contribution in [0.2, 0.25) is 0 Å². The highest BCUT2D eigenvalue weighted by Gasteiger charge is 2.17. The number of ether oxygens (including phenoxy) is 3. The average molecular weight is 317 g/mol. The number of rotatable bonds is 5. The zero-order valence-electron chi connectivity index (χ0n) is 13.9. The fourth-order valence-corrected chi connectivity index (χ4v) is 2.93. The van der Waals surface area contributed by atoms with Crippen LogP contribution >= 0.6 is 0 Å². The number of methoxy groups -OCH3 is 2. The van der Waals surface area contributed by atoms with Crippen molar-refractivity contribution in [2.45, 2.75) is 38.8 Å². The molecule has 124 valence electrons. The molecule has 0 aliphatic carbocycles. The molecule has 0 amide bonds. The standard InChI is InChI=1S/C17H23N3O3/c1-12-8-16(21-2)17(22-3)9-14(12)15-11-20(19-18-15)10-13-6-4-5-7-23-13/h8-9,11,13H,4-7,10H2,1-3H3/t13-/m1/s1. The minimum atomic E-state index is 0.241. The van der Waals surface area contributed by atoms with Crippen LogP contribution in [-0.2, 0) is 11.3 Å². The second-order valence-corrected chi connectivity index (χ2v) is 5.84. The Morgan fingerprint density at radius 2 is 2.00 bits per heavy atom. The Bertz CT molecular complexity index is 663. The molecule has 1 aromatic carbocycles. The third-order valence-electron chi connectivity index (χ3n) is 4.21. The summed E-state index contributed by atoms with van der Waals surface area (Å²) in [4.78, 5) is 0. The smallest absolute Gasteiger partial charge is 0.161 e. The van der Waals surface area contributed by atoms with E-state index < -0.39 is 0 Å². The quantitative estimate of drug-likeness (QED) is 0.848. The molecular formula is C17H23N3O3. The molecule has 1 saturated heterocycles. The van der Waals surface area contributed by atoms with Crippen molar-refractivity contribution in [2.24, 2.45) is 0 Å². The molecule has 2 heterocycles. The summed E-state index contributed by atoms with van der Waals surface area (Å²) in [6, 6.07) is 3.90. The molecule has 0 spiro atoms. The van der Waals surface area contributed by atoms with E-state index in [1.807, 2.05) is 29.9 Å². The molecule has 1 aliphatic rings. The van der Waals surface area contributed by atoms with Gasteiger partial charge in [-0.1, -0.05) is 5.21 Å². The van der Waals surface area contributed by atoms with Gasteiger partial charge in [-0.2, -0.15) is 0 Å². The fourth-order valence-electron chi connectivity index (χ4n) is 2.93. The Morgan fingerprint density at radius 3 is 2.70 bits per heavy atom. The van der Waals surface area contributed by atoms with Crippen LogP contribution in [0.4, 0.5) is 0 Å². The van der Waals surface area contributed by atoms with E-state index in [-0.39, 0.29) is 6.10 Å². The van der Waals surface area contributed by atoms with Crippen LogP contribution in [0.5, 0.6) is 11.5 Å². The van der Waals surface area contributed by atoms with E-state index in [9.17, 15) is 0 Å². The van der Waals surface area contributed by atoms with Crippen LogP contribution in [0.3, 0.4) is 0 Å². The van der Waals surface area contributed by atoms with E-state index in [1.54, 1.807) is 14.2 Å². The summed E-state index contributed by atoms with van der Waals surface area (Å²) in [5.74, 6) is 1.41. The highest BCUT2D eigenvalue weighted by molar-refractivity contribution is 5.67. The van der Waals surface area contributed by atoms with Crippen molar-refractivity contribution in [2.75, 3.05) is 20.8 Å². The van der Waals surface area contributed by atoms with Gasteiger partial charge in [0.1, 0.15) is 5.69 Å². The lowest BCUT2D eigenvalue weighted by molar-refractivity contribution is 0.00370. The maximum absolute atomic E-state index is 5.76. The molecule has 1 aliphatic heterocycles. The first-order valence-electron chi connectivity index (χ1n) is 7.96. The predicted octanol–water partition coefficient (Wildman–Crippen LogP) is 2.84. The number of nitrogens with zero attached hydrogens (tertiary/aromatic N) is 3. The van der Waals surface area contributed by atoms with Crippen molar-refractivity contribution in [1.82, 2.24) is 15.0 Å². The lowest BCUT2D eigenvalue weighted by Crippen LogP contribution is -2.24. The molecule has 0 N–H and O–H groups in total. The fraction of sp³-hybridized carbons (Fsp3) is 0.529. The van der Waals surface area contributed by atoms with Gasteiger partial charge >= 0.3 is 0 Å². The number of benzene rings is 1. The summed E-state index contributed by atoms with van der Waals surface area (Å²) in [5.41, 5.74) is 2.90. The van der Waals surface area contributed by atoms with Crippen LogP contribution < -0.4 is 9.47 Å². The zero-order valence-corrected chi connectivity index (χ0v) is 13.9. The van der Waals surface area contributed by atoms with Gasteiger partial charge in [-0.05, 0) is 43.9 Å². The van der Waals surface area contributed by atoms with Gasteiger partial charge in [0, 0.05) is 12.2 Å². The van der Waals surface area contributed by atoms with Gasteiger partial charge in [0.2, 0.25) is 0 Å². The molecule has 23 heavy (non-hydrogen) atoms. The Kier molecular flexibility index (Phi) is 4.81. The van der Waals surface area contributed by atoms with E-state index in [0.29, 0.717) is 5.75 Å². The van der Waals surface area contributed by atoms with Crippen molar-refractivity contribution in [3.05, 3.63) is 23.9 Å². The van der Waals surface area contributed by atoms with Crippen LogP contribution in [-0.4, -0.2) is 41.9 Å². The van der Waals surface area contributed by atoms with Crippen LogP contribution in [0.1, 0.15) is 24.8 Å². The van der Waals surface area contributed by atoms with E-state index in [0.717, 1.165) is 48.6 Å². The lowest BCUT2D eigenvalue weighted by Gasteiger charge is -2.21. The van der Waals surface area contributed by atoms with Crippen LogP contribution in [0, 0.1) is 6.92 Å². The van der Waals surface area contributed by atoms with Crippen molar-refractivity contribution < 1.29 is 14.2 Å². The summed E-state index contributed by atoms with van der Waals surface area (Å²) in [6.07, 6.45) is 5.67. The molecule has 1 fully saturated rings. The van der Waals surface area contributed by atoms with E-state index >= 15 is 0 Å². The van der Waals surface area contributed by atoms with Crippen LogP contribution in [0.25, 0.3) is 11.3 Å². The Labute approximate surface area is 136 Å². The molecule has 6 nitrogen and oxygen atoms in total. The molecule has 0 saturated carbocycles. The SMILES string of the molecule is COc1cc(C)c(-c2cn(C[C@H]3CCCCO3)nn2)cc1OC. The Balaban J connectivity index is 1.82. The maximum atomic E-state index is 5.76. The van der Waals surface area contributed by atoms with Gasteiger partial charge < -0.3 is 14.2 Å². The van der Waals surface area contributed by atoms with Crippen molar-refractivity contribution in [3.63, 3.8) is 0 Å². The van der Waals surface area contributed by atoms with E-state index in [2.05, 4.69) is 10.3 Å². The summed E-state index contributed by atoms with van der Waals surface area (Å²) >= 11 is 0. The van der Waals surface area contributed by atoms with Gasteiger partial charge in [0.25, 0.3) is 0 Å². The Hall–Kier alpha value is -2.08. The summed E-state index contributed by atoms with van der Waals surface area (Å²) in [5, 5.41) is 8.55. The molecule has 3 rings (SSSR count). The van der Waals surface area contributed by atoms with E-state index in [1.165, 1.54) is 6.42 Å². The first-order valence-corrected chi connectivity index (χ1v) is 7.96. The third kappa shape index (κ3) is 3.47. The average Bonchev–Trinajstić information content (AvgIpc) is 3.03. The number of hydrogen-bond acceptors (Lipinski definition) is 5. The molecule has 1 atom stereocenters. The highest BCUT2D eigenvalue weighted by atomic mass is 16.5. The first-order chi connectivity index (χ1) is 11.2. The minimum absolute atomic E-state index is 0.241. The topological polar surface area (TPSA) is 58.4 Å². The number of hydrogen-bond donors (Lipinski definition) is 0. The second-order valence-electron chi connectivity index (χ2n) is 5.84. The number of aromatic nitrogens is 3. The van der Waals surface area contributed by atoms with Gasteiger partial charge in [-0.3, -0.25) is 0 Å². The molecule has 6 heteroatoms. The molecule has 0 bridgehead atoms. The van der Waals surface area contributed by atoms with Crippen molar-refractivity contribution in [1.29, 1.82) is 0 Å². The monoisotopic (exact) mass is 317 g/mol. The molecule has 1 aromatic heterocycles. The lowest BCUT2D eigenvalue weighted by atomic mass is 10.1. The van der Waals surface area contributed by atoms with Gasteiger partial charge in [-0.25, -0.2) is 4.68 Å². The van der Waals surface area contributed by atoms with Gasteiger partial charge in [0.05, 0.1) is 33.1 Å². The van der Waals surface area contributed by atoms with Crippen molar-refractivity contribution in [3.8, 4) is 22.8 Å². The zero-order chi connectivity index (χ0) is 16.2. The Morgan fingerprint density at radius 1 is 1.22 bits per heavy atom. The number of aryl methyl sites for hydroxylation is 1. The molecular weight excluding hydrogens is 294 g/mol. The summed E-state index contributed by atoms with van der Waals surface area (Å²) in [7, 11) is 3.27. The van der Waals surface area contributed by atoms with Gasteiger partial charge in [0.15, 0.2) is 11.5 Å².